The van der Waals surface area contributed by atoms with Crippen molar-refractivity contribution in [3.05, 3.63) is 40.6 Å². The minimum Gasteiger partial charge on any atom is -0.454 e. The molecule has 2 N–H and O–H groups in total. The third-order valence-corrected chi connectivity index (χ3v) is 3.27. The molecule has 0 fully saturated rings. The van der Waals surface area contributed by atoms with Gasteiger partial charge in [-0.2, -0.15) is 5.10 Å². The number of hydrogen-bond acceptors (Lipinski definition) is 3. The van der Waals surface area contributed by atoms with Crippen molar-refractivity contribution < 1.29 is 4.74 Å². The van der Waals surface area contributed by atoms with Gasteiger partial charge in [-0.1, -0.05) is 22.0 Å². The maximum Gasteiger partial charge on any atom is 0.165 e. The summed E-state index contributed by atoms with van der Waals surface area (Å²) in [6.07, 6.45) is 4.42. The zero-order valence-corrected chi connectivity index (χ0v) is 12.7. The molecule has 0 aliphatic carbocycles. The molecule has 0 saturated carbocycles. The SMILES string of the molecule is CC(C)n1cc(Oc2cc(Br)ccc2CCN)cn1. The first kappa shape index (κ1) is 14.1. The van der Waals surface area contributed by atoms with Crippen LogP contribution in [-0.4, -0.2) is 16.3 Å². The van der Waals surface area contributed by atoms with Crippen molar-refractivity contribution >= 4 is 15.9 Å². The normalized spacial score (nSPS) is 11.0. The largest absolute Gasteiger partial charge is 0.454 e. The number of halogens is 1. The Morgan fingerprint density at radius 2 is 2.21 bits per heavy atom. The summed E-state index contributed by atoms with van der Waals surface area (Å²) in [6, 6.07) is 6.30. The number of ether oxygens (including phenoxy) is 1. The quantitative estimate of drug-likeness (QED) is 0.915. The van der Waals surface area contributed by atoms with Crippen LogP contribution in [0.4, 0.5) is 0 Å². The molecule has 2 rings (SSSR count). The van der Waals surface area contributed by atoms with Gasteiger partial charge in [-0.15, -0.1) is 0 Å². The molecule has 1 aromatic heterocycles. The van der Waals surface area contributed by atoms with E-state index in [2.05, 4.69) is 34.9 Å². The highest BCUT2D eigenvalue weighted by atomic mass is 79.9. The van der Waals surface area contributed by atoms with Crippen molar-refractivity contribution in [3.63, 3.8) is 0 Å². The van der Waals surface area contributed by atoms with Crippen LogP contribution in [0.2, 0.25) is 0 Å². The average molecular weight is 324 g/mol. The fraction of sp³-hybridized carbons (Fsp3) is 0.357. The van der Waals surface area contributed by atoms with Crippen LogP contribution in [0.15, 0.2) is 35.1 Å². The molecule has 4 nitrogen and oxygen atoms in total. The highest BCUT2D eigenvalue weighted by Crippen LogP contribution is 2.29. The van der Waals surface area contributed by atoms with Crippen molar-refractivity contribution in [3.8, 4) is 11.5 Å². The van der Waals surface area contributed by atoms with Gasteiger partial charge in [-0.25, -0.2) is 0 Å². The summed E-state index contributed by atoms with van der Waals surface area (Å²) in [5, 5.41) is 4.27. The van der Waals surface area contributed by atoms with Gasteiger partial charge >= 0.3 is 0 Å². The molecule has 0 unspecified atom stereocenters. The third kappa shape index (κ3) is 3.58. The second kappa shape index (κ2) is 6.21. The lowest BCUT2D eigenvalue weighted by atomic mass is 10.1. The first-order valence-corrected chi connectivity index (χ1v) is 7.10. The van der Waals surface area contributed by atoms with Gasteiger partial charge in [0.15, 0.2) is 5.75 Å². The zero-order chi connectivity index (χ0) is 13.8. The van der Waals surface area contributed by atoms with Crippen LogP contribution < -0.4 is 10.5 Å². The highest BCUT2D eigenvalue weighted by molar-refractivity contribution is 9.10. The van der Waals surface area contributed by atoms with Gasteiger partial charge in [0.2, 0.25) is 0 Å². The Balaban J connectivity index is 2.23. The fourth-order valence-electron chi connectivity index (χ4n) is 1.77. The van der Waals surface area contributed by atoms with Crippen LogP contribution >= 0.6 is 15.9 Å². The molecule has 0 aliphatic heterocycles. The molecule has 0 spiro atoms. The highest BCUT2D eigenvalue weighted by Gasteiger charge is 2.08. The van der Waals surface area contributed by atoms with E-state index in [0.717, 1.165) is 28.0 Å². The molecule has 5 heteroatoms. The molecule has 1 aromatic carbocycles. The average Bonchev–Trinajstić information content (AvgIpc) is 2.81. The van der Waals surface area contributed by atoms with Crippen LogP contribution in [-0.2, 0) is 6.42 Å². The topological polar surface area (TPSA) is 53.1 Å². The lowest BCUT2D eigenvalue weighted by Gasteiger charge is -2.10. The smallest absolute Gasteiger partial charge is 0.165 e. The van der Waals surface area contributed by atoms with E-state index in [-0.39, 0.29) is 0 Å². The number of aromatic nitrogens is 2. The molecule has 19 heavy (non-hydrogen) atoms. The van der Waals surface area contributed by atoms with E-state index < -0.39 is 0 Å². The summed E-state index contributed by atoms with van der Waals surface area (Å²) < 4.78 is 8.76. The minimum absolute atomic E-state index is 0.323. The number of benzene rings is 1. The molecule has 0 atom stereocenters. The van der Waals surface area contributed by atoms with Gasteiger partial charge in [0, 0.05) is 10.5 Å². The Morgan fingerprint density at radius 1 is 1.42 bits per heavy atom. The molecular weight excluding hydrogens is 306 g/mol. The van der Waals surface area contributed by atoms with Crippen LogP contribution in [0.3, 0.4) is 0 Å². The molecule has 102 valence electrons. The van der Waals surface area contributed by atoms with E-state index in [0.29, 0.717) is 12.6 Å². The van der Waals surface area contributed by atoms with Crippen molar-refractivity contribution in [2.24, 2.45) is 5.73 Å². The van der Waals surface area contributed by atoms with Crippen LogP contribution in [0.1, 0.15) is 25.5 Å². The summed E-state index contributed by atoms with van der Waals surface area (Å²) >= 11 is 3.46. The Bertz CT molecular complexity index is 551. The van der Waals surface area contributed by atoms with Crippen molar-refractivity contribution in [2.45, 2.75) is 26.3 Å². The van der Waals surface area contributed by atoms with Crippen LogP contribution in [0, 0.1) is 0 Å². The Hall–Kier alpha value is -1.33. The first-order valence-electron chi connectivity index (χ1n) is 6.30. The van der Waals surface area contributed by atoms with Crippen molar-refractivity contribution in [2.75, 3.05) is 6.54 Å². The lowest BCUT2D eigenvalue weighted by Crippen LogP contribution is -2.04. The molecule has 0 amide bonds. The van der Waals surface area contributed by atoms with E-state index in [1.807, 2.05) is 29.1 Å². The maximum absolute atomic E-state index is 5.90. The van der Waals surface area contributed by atoms with Gasteiger partial charge in [0.1, 0.15) is 5.75 Å². The van der Waals surface area contributed by atoms with E-state index in [9.17, 15) is 0 Å². The second-order valence-corrected chi connectivity index (χ2v) is 5.56. The molecule has 0 saturated heterocycles. The summed E-state index contributed by atoms with van der Waals surface area (Å²) in [5.41, 5.74) is 6.72. The number of rotatable bonds is 5. The van der Waals surface area contributed by atoms with E-state index in [1.54, 1.807) is 6.20 Å². The fourth-order valence-corrected chi connectivity index (χ4v) is 2.11. The van der Waals surface area contributed by atoms with Gasteiger partial charge in [-0.05, 0) is 44.5 Å². The predicted molar refractivity (Wildman–Crippen MR) is 79.6 cm³/mol. The van der Waals surface area contributed by atoms with Crippen LogP contribution in [0.25, 0.3) is 0 Å². The van der Waals surface area contributed by atoms with Crippen molar-refractivity contribution in [1.82, 2.24) is 9.78 Å². The Morgan fingerprint density at radius 3 is 2.84 bits per heavy atom. The Kier molecular flexibility index (Phi) is 4.61. The van der Waals surface area contributed by atoms with Gasteiger partial charge < -0.3 is 10.5 Å². The molecular formula is C14H18BrN3O. The molecule has 2 aromatic rings. The number of nitrogens with zero attached hydrogens (tertiary/aromatic N) is 2. The molecule has 1 heterocycles. The molecule has 0 aliphatic rings. The maximum atomic E-state index is 5.90. The zero-order valence-electron chi connectivity index (χ0n) is 11.1. The van der Waals surface area contributed by atoms with Gasteiger partial charge in [0.05, 0.1) is 12.4 Å². The van der Waals surface area contributed by atoms with E-state index in [4.69, 9.17) is 10.5 Å². The van der Waals surface area contributed by atoms with Gasteiger partial charge in [0.25, 0.3) is 0 Å². The minimum atomic E-state index is 0.323. The van der Waals surface area contributed by atoms with Crippen molar-refractivity contribution in [1.29, 1.82) is 0 Å². The van der Waals surface area contributed by atoms with E-state index in [1.165, 1.54) is 0 Å². The standard InChI is InChI=1S/C14H18BrN3O/c1-10(2)18-9-13(8-17-18)19-14-7-12(15)4-3-11(14)5-6-16/h3-4,7-10H,5-6,16H2,1-2H3. The first-order chi connectivity index (χ1) is 9.10. The summed E-state index contributed by atoms with van der Waals surface area (Å²) in [4.78, 5) is 0. The van der Waals surface area contributed by atoms with Crippen LogP contribution in [0.5, 0.6) is 11.5 Å². The Labute approximate surface area is 121 Å². The lowest BCUT2D eigenvalue weighted by molar-refractivity contribution is 0.471. The molecule has 0 bridgehead atoms. The second-order valence-electron chi connectivity index (χ2n) is 4.64. The number of nitrogens with two attached hydrogens (primary N) is 1. The monoisotopic (exact) mass is 323 g/mol. The number of hydrogen-bond donors (Lipinski definition) is 1. The third-order valence-electron chi connectivity index (χ3n) is 2.78. The predicted octanol–water partition coefficient (Wildman–Crippen LogP) is 3.52. The molecule has 0 radical (unpaired) electrons. The van der Waals surface area contributed by atoms with E-state index >= 15 is 0 Å². The van der Waals surface area contributed by atoms with Gasteiger partial charge in [-0.3, -0.25) is 4.68 Å². The summed E-state index contributed by atoms with van der Waals surface area (Å²) in [7, 11) is 0. The summed E-state index contributed by atoms with van der Waals surface area (Å²) in [5.74, 6) is 1.56. The summed E-state index contributed by atoms with van der Waals surface area (Å²) in [6.45, 7) is 4.76.